The van der Waals surface area contributed by atoms with Crippen LogP contribution in [0.1, 0.15) is 37.3 Å². The van der Waals surface area contributed by atoms with Gasteiger partial charge >= 0.3 is 5.97 Å². The molecule has 5 rings (SSSR count). The smallest absolute Gasteiger partial charge is 0.333 e. The molecular formula is C36H38O5. The van der Waals surface area contributed by atoms with Gasteiger partial charge in [0, 0.05) is 18.6 Å². The van der Waals surface area contributed by atoms with Crippen molar-refractivity contribution in [1.29, 1.82) is 0 Å². The summed E-state index contributed by atoms with van der Waals surface area (Å²) in [5.74, 6) is 0.376. The number of hydrogen-bond donors (Lipinski definition) is 0. The molecule has 1 saturated heterocycles. The third-order valence-corrected chi connectivity index (χ3v) is 7.35. The molecule has 0 aliphatic carbocycles. The van der Waals surface area contributed by atoms with Crippen LogP contribution in [0, 0.1) is 6.92 Å². The highest BCUT2D eigenvalue weighted by Crippen LogP contribution is 2.31. The molecule has 4 aromatic carbocycles. The number of aryl methyl sites for hydroxylation is 1. The zero-order valence-electron chi connectivity index (χ0n) is 24.0. The number of carbonyl (C=O) groups excluding carboxylic acids is 1. The first kappa shape index (κ1) is 28.6. The van der Waals surface area contributed by atoms with Crippen molar-refractivity contribution in [2.75, 3.05) is 26.4 Å². The highest BCUT2D eigenvalue weighted by atomic mass is 16.7. The Morgan fingerprint density at radius 1 is 0.829 bits per heavy atom. The summed E-state index contributed by atoms with van der Waals surface area (Å²) in [6, 6.07) is 27.9. The molecule has 0 saturated carbocycles. The Hall–Kier alpha value is -3.93. The second kappa shape index (κ2) is 13.6. The fraction of sp³-hybridized carbons (Fsp3) is 0.306. The molecule has 5 heteroatoms. The Morgan fingerprint density at radius 3 is 2.17 bits per heavy atom. The minimum absolute atomic E-state index is 0.142. The summed E-state index contributed by atoms with van der Waals surface area (Å²) in [6.45, 7) is 9.29. The molecule has 1 heterocycles. The molecule has 0 N–H and O–H groups in total. The van der Waals surface area contributed by atoms with Crippen molar-refractivity contribution in [2.45, 2.75) is 45.8 Å². The lowest BCUT2D eigenvalue weighted by Gasteiger charge is -2.22. The van der Waals surface area contributed by atoms with Crippen LogP contribution in [0.2, 0.25) is 0 Å². The van der Waals surface area contributed by atoms with Gasteiger partial charge in [-0.15, -0.1) is 0 Å². The Morgan fingerprint density at radius 2 is 1.49 bits per heavy atom. The Bertz CT molecular complexity index is 1500. The second-order valence-corrected chi connectivity index (χ2v) is 10.6. The maximum absolute atomic E-state index is 11.9. The number of esters is 1. The van der Waals surface area contributed by atoms with E-state index in [1.54, 1.807) is 6.92 Å². The summed E-state index contributed by atoms with van der Waals surface area (Å²) < 4.78 is 23.0. The van der Waals surface area contributed by atoms with Crippen LogP contribution in [0.3, 0.4) is 0 Å². The maximum atomic E-state index is 11.9. The number of ether oxygens (including phenoxy) is 4. The van der Waals surface area contributed by atoms with Crippen molar-refractivity contribution in [1.82, 2.24) is 0 Å². The van der Waals surface area contributed by atoms with Gasteiger partial charge < -0.3 is 18.9 Å². The quantitative estimate of drug-likeness (QED) is 0.107. The fourth-order valence-corrected chi connectivity index (χ4v) is 5.00. The number of hydrogen-bond acceptors (Lipinski definition) is 5. The first-order chi connectivity index (χ1) is 20.0. The molecule has 1 aliphatic heterocycles. The van der Waals surface area contributed by atoms with E-state index in [0.717, 1.165) is 48.3 Å². The van der Waals surface area contributed by atoms with Crippen LogP contribution in [0.25, 0.3) is 33.0 Å². The molecule has 1 aliphatic rings. The topological polar surface area (TPSA) is 54.0 Å². The van der Waals surface area contributed by atoms with Crippen molar-refractivity contribution in [3.05, 3.63) is 102 Å². The number of rotatable bonds is 11. The predicted molar refractivity (Wildman–Crippen MR) is 164 cm³/mol. The van der Waals surface area contributed by atoms with Crippen LogP contribution in [-0.2, 0) is 25.4 Å². The van der Waals surface area contributed by atoms with E-state index < -0.39 is 0 Å². The molecule has 0 spiro atoms. The van der Waals surface area contributed by atoms with Crippen LogP contribution >= 0.6 is 0 Å². The van der Waals surface area contributed by atoms with Gasteiger partial charge in [0.15, 0.2) is 6.29 Å². The molecule has 1 unspecified atom stereocenters. The van der Waals surface area contributed by atoms with E-state index in [0.29, 0.717) is 25.2 Å². The molecule has 4 aromatic rings. The van der Waals surface area contributed by atoms with Crippen LogP contribution in [0.4, 0.5) is 0 Å². The van der Waals surface area contributed by atoms with Gasteiger partial charge in [-0.25, -0.2) is 4.79 Å². The third kappa shape index (κ3) is 7.63. The van der Waals surface area contributed by atoms with Gasteiger partial charge in [0.05, 0.1) is 13.2 Å². The summed E-state index contributed by atoms with van der Waals surface area (Å²) >= 11 is 0. The lowest BCUT2D eigenvalue weighted by molar-refractivity contribution is -0.165. The lowest BCUT2D eigenvalue weighted by atomic mass is 9.96. The number of carbonyl (C=O) groups is 1. The molecule has 0 amide bonds. The molecule has 212 valence electrons. The van der Waals surface area contributed by atoms with Crippen LogP contribution < -0.4 is 4.74 Å². The van der Waals surface area contributed by atoms with E-state index in [-0.39, 0.29) is 18.9 Å². The normalized spacial score (nSPS) is 15.0. The average Bonchev–Trinajstić information content (AvgIpc) is 3.00. The van der Waals surface area contributed by atoms with Crippen molar-refractivity contribution in [3.63, 3.8) is 0 Å². The summed E-state index contributed by atoms with van der Waals surface area (Å²) in [5.41, 5.74) is 7.23. The number of fused-ring (bicyclic) bond motifs is 1. The van der Waals surface area contributed by atoms with E-state index in [4.69, 9.17) is 18.9 Å². The maximum Gasteiger partial charge on any atom is 0.333 e. The van der Waals surface area contributed by atoms with E-state index in [1.165, 1.54) is 27.5 Å². The molecule has 0 bridgehead atoms. The molecule has 0 radical (unpaired) electrons. The third-order valence-electron chi connectivity index (χ3n) is 7.35. The minimum Gasteiger partial charge on any atom is -0.491 e. The first-order valence-corrected chi connectivity index (χ1v) is 14.4. The van der Waals surface area contributed by atoms with Crippen molar-refractivity contribution >= 4 is 16.7 Å². The molecule has 0 aromatic heterocycles. The Kier molecular flexibility index (Phi) is 9.50. The van der Waals surface area contributed by atoms with E-state index >= 15 is 0 Å². The Balaban J connectivity index is 1.32. The molecular weight excluding hydrogens is 512 g/mol. The van der Waals surface area contributed by atoms with Gasteiger partial charge in [0.1, 0.15) is 12.4 Å². The second-order valence-electron chi connectivity index (χ2n) is 10.6. The first-order valence-electron chi connectivity index (χ1n) is 14.4. The summed E-state index contributed by atoms with van der Waals surface area (Å²) in [4.78, 5) is 11.9. The standard InChI is InChI=1S/C36H38O5/c1-25(2)36(37)41-19-17-33-24-32(15-16-34(33)38-20-21-40-35-6-4-5-18-39-35)31-14-13-29-22-28(11-12-30(29)23-31)27-9-7-26(3)8-10-27/h7-16,22-24,35H,1,4-6,17-21H2,2-3H3. The highest BCUT2D eigenvalue weighted by molar-refractivity contribution is 5.91. The van der Waals surface area contributed by atoms with Crippen LogP contribution in [0.15, 0.2) is 91.0 Å². The van der Waals surface area contributed by atoms with E-state index in [1.807, 2.05) is 6.07 Å². The summed E-state index contributed by atoms with van der Waals surface area (Å²) in [7, 11) is 0. The van der Waals surface area contributed by atoms with E-state index in [9.17, 15) is 4.79 Å². The zero-order chi connectivity index (χ0) is 28.6. The highest BCUT2D eigenvalue weighted by Gasteiger charge is 2.14. The molecule has 41 heavy (non-hydrogen) atoms. The fourth-order valence-electron chi connectivity index (χ4n) is 5.00. The van der Waals surface area contributed by atoms with Crippen molar-refractivity contribution in [2.24, 2.45) is 0 Å². The van der Waals surface area contributed by atoms with Crippen molar-refractivity contribution < 1.29 is 23.7 Å². The predicted octanol–water partition coefficient (Wildman–Crippen LogP) is 8.07. The monoisotopic (exact) mass is 550 g/mol. The SMILES string of the molecule is C=C(C)C(=O)OCCc1cc(-c2ccc3cc(-c4ccc(C)cc4)ccc3c2)ccc1OCCOC1CCCCO1. The summed E-state index contributed by atoms with van der Waals surface area (Å²) in [6.07, 6.45) is 3.53. The Labute approximate surface area is 242 Å². The van der Waals surface area contributed by atoms with Crippen LogP contribution in [-0.4, -0.2) is 38.7 Å². The molecule has 1 fully saturated rings. The van der Waals surface area contributed by atoms with Gasteiger partial charge in [-0.1, -0.05) is 66.7 Å². The lowest BCUT2D eigenvalue weighted by Crippen LogP contribution is -2.24. The molecule has 5 nitrogen and oxygen atoms in total. The summed E-state index contributed by atoms with van der Waals surface area (Å²) in [5, 5.41) is 2.37. The zero-order valence-corrected chi connectivity index (χ0v) is 24.0. The van der Waals surface area contributed by atoms with Gasteiger partial charge in [-0.2, -0.15) is 0 Å². The van der Waals surface area contributed by atoms with Gasteiger partial charge in [0.2, 0.25) is 0 Å². The van der Waals surface area contributed by atoms with Gasteiger partial charge in [-0.3, -0.25) is 0 Å². The van der Waals surface area contributed by atoms with E-state index in [2.05, 4.69) is 86.3 Å². The molecule has 1 atom stereocenters. The average molecular weight is 551 g/mol. The van der Waals surface area contributed by atoms with Crippen molar-refractivity contribution in [3.8, 4) is 28.0 Å². The van der Waals surface area contributed by atoms with Gasteiger partial charge in [0.25, 0.3) is 0 Å². The minimum atomic E-state index is -0.385. The largest absolute Gasteiger partial charge is 0.491 e. The number of benzene rings is 4. The van der Waals surface area contributed by atoms with Gasteiger partial charge in [-0.05, 0) is 96.0 Å². The van der Waals surface area contributed by atoms with Crippen LogP contribution in [0.5, 0.6) is 5.75 Å².